The van der Waals surface area contributed by atoms with Crippen molar-refractivity contribution in [1.82, 2.24) is 24.6 Å². The number of aromatic nitrogens is 4. The summed E-state index contributed by atoms with van der Waals surface area (Å²) in [6, 6.07) is 10.1. The summed E-state index contributed by atoms with van der Waals surface area (Å²) in [7, 11) is 5.30. The Bertz CT molecular complexity index is 1180. The van der Waals surface area contributed by atoms with Gasteiger partial charge in [0.25, 0.3) is 11.5 Å². The molecule has 0 spiro atoms. The van der Waals surface area contributed by atoms with E-state index in [2.05, 4.69) is 10.1 Å². The monoisotopic (exact) mass is 438 g/mol. The summed E-state index contributed by atoms with van der Waals surface area (Å²) in [5.41, 5.74) is 2.57. The number of hydrogen-bond acceptors (Lipinski definition) is 6. The summed E-state index contributed by atoms with van der Waals surface area (Å²) < 4.78 is 1.17. The van der Waals surface area contributed by atoms with Gasteiger partial charge in [0.05, 0.1) is 11.7 Å². The van der Waals surface area contributed by atoms with Gasteiger partial charge in [0.2, 0.25) is 5.95 Å². The number of aryl methyl sites for hydroxylation is 1. The van der Waals surface area contributed by atoms with E-state index in [1.807, 2.05) is 43.3 Å². The van der Waals surface area contributed by atoms with Gasteiger partial charge in [0.15, 0.2) is 0 Å². The lowest BCUT2D eigenvalue weighted by Crippen LogP contribution is -2.34. The molecule has 3 aromatic rings. The number of halogens is 1. The van der Waals surface area contributed by atoms with Crippen molar-refractivity contribution in [1.29, 1.82) is 0 Å². The lowest BCUT2D eigenvalue weighted by Gasteiger charge is -2.26. The number of hydrogen-bond donors (Lipinski definition) is 0. The quantitative estimate of drug-likeness (QED) is 0.622. The van der Waals surface area contributed by atoms with Crippen LogP contribution in [0.5, 0.6) is 0 Å². The highest BCUT2D eigenvalue weighted by atomic mass is 35.5. The Kier molecular flexibility index (Phi) is 5.73. The number of likely N-dealkylation sites (tertiary alicyclic amines) is 1. The molecule has 4 rings (SSSR count). The second kappa shape index (κ2) is 8.47. The Morgan fingerprint density at radius 3 is 2.58 bits per heavy atom. The molecule has 31 heavy (non-hydrogen) atoms. The molecule has 3 heterocycles. The molecule has 1 atom stereocenters. The molecule has 1 saturated heterocycles. The number of anilines is 1. The molecule has 160 valence electrons. The molecular formula is C22H23ClN6O2. The molecule has 1 amide bonds. The first-order chi connectivity index (χ1) is 14.8. The van der Waals surface area contributed by atoms with Crippen LogP contribution in [0.15, 0.2) is 47.4 Å². The highest BCUT2D eigenvalue weighted by Gasteiger charge is 2.34. The van der Waals surface area contributed by atoms with Crippen LogP contribution in [-0.2, 0) is 7.05 Å². The lowest BCUT2D eigenvalue weighted by molar-refractivity contribution is 0.0724. The standard InChI is InChI=1S/C22H23ClN6O2/c1-27(2)22-24-13-16(14-6-8-15(23)9-7-14)20(25-22)18-5-4-12-29(18)21(31)17-10-11-19(30)28(3)26-17/h6-11,13,18H,4-5,12H2,1-3H3. The fraction of sp³-hybridized carbons (Fsp3) is 0.318. The van der Waals surface area contributed by atoms with Gasteiger partial charge in [-0.25, -0.2) is 14.6 Å². The van der Waals surface area contributed by atoms with Gasteiger partial charge in [0, 0.05) is 50.5 Å². The van der Waals surface area contributed by atoms with Gasteiger partial charge >= 0.3 is 0 Å². The maximum absolute atomic E-state index is 13.3. The van der Waals surface area contributed by atoms with Crippen LogP contribution in [0.2, 0.25) is 5.02 Å². The highest BCUT2D eigenvalue weighted by Crippen LogP contribution is 2.38. The zero-order valence-corrected chi connectivity index (χ0v) is 18.4. The van der Waals surface area contributed by atoms with Gasteiger partial charge in [0.1, 0.15) is 5.69 Å². The number of carbonyl (C=O) groups is 1. The second-order valence-corrected chi connectivity index (χ2v) is 8.14. The first-order valence-corrected chi connectivity index (χ1v) is 10.4. The van der Waals surface area contributed by atoms with E-state index in [1.165, 1.54) is 23.9 Å². The SMILES string of the molecule is CN(C)c1ncc(-c2ccc(Cl)cc2)c(C2CCCN2C(=O)c2ccc(=O)n(C)n2)n1. The van der Waals surface area contributed by atoms with E-state index in [4.69, 9.17) is 16.6 Å². The number of amides is 1. The van der Waals surface area contributed by atoms with Crippen molar-refractivity contribution in [2.75, 3.05) is 25.5 Å². The zero-order valence-electron chi connectivity index (χ0n) is 17.6. The molecule has 0 bridgehead atoms. The topological polar surface area (TPSA) is 84.2 Å². The summed E-state index contributed by atoms with van der Waals surface area (Å²) in [5.74, 6) is 0.359. The van der Waals surface area contributed by atoms with Crippen LogP contribution in [0.25, 0.3) is 11.1 Å². The van der Waals surface area contributed by atoms with Crippen LogP contribution >= 0.6 is 11.6 Å². The largest absolute Gasteiger partial charge is 0.347 e. The minimum atomic E-state index is -0.258. The maximum Gasteiger partial charge on any atom is 0.274 e. The molecule has 0 N–H and O–H groups in total. The molecule has 1 aliphatic rings. The molecule has 1 aromatic carbocycles. The molecule has 8 nitrogen and oxygen atoms in total. The van der Waals surface area contributed by atoms with Crippen LogP contribution in [0, 0.1) is 0 Å². The molecule has 0 radical (unpaired) electrons. The number of nitrogens with zero attached hydrogens (tertiary/aromatic N) is 6. The van der Waals surface area contributed by atoms with Crippen molar-refractivity contribution < 1.29 is 4.79 Å². The number of rotatable bonds is 4. The van der Waals surface area contributed by atoms with E-state index in [0.29, 0.717) is 17.5 Å². The number of carbonyl (C=O) groups excluding carboxylic acids is 1. The molecule has 1 aliphatic heterocycles. The summed E-state index contributed by atoms with van der Waals surface area (Å²) in [5, 5.41) is 4.79. The molecule has 2 aromatic heterocycles. The van der Waals surface area contributed by atoms with Crippen LogP contribution in [-0.4, -0.2) is 51.2 Å². The first-order valence-electron chi connectivity index (χ1n) is 10.0. The van der Waals surface area contributed by atoms with Gasteiger partial charge in [-0.15, -0.1) is 0 Å². The van der Waals surface area contributed by atoms with Crippen molar-refractivity contribution in [2.45, 2.75) is 18.9 Å². The van der Waals surface area contributed by atoms with Crippen LogP contribution in [0.3, 0.4) is 0 Å². The van der Waals surface area contributed by atoms with Gasteiger partial charge in [-0.2, -0.15) is 5.10 Å². The van der Waals surface area contributed by atoms with Crippen molar-refractivity contribution in [3.05, 3.63) is 69.4 Å². The average molecular weight is 439 g/mol. The van der Waals surface area contributed by atoms with E-state index >= 15 is 0 Å². The van der Waals surface area contributed by atoms with Gasteiger partial charge in [-0.05, 0) is 36.6 Å². The lowest BCUT2D eigenvalue weighted by atomic mass is 9.99. The molecule has 9 heteroatoms. The summed E-state index contributed by atoms with van der Waals surface area (Å²) in [6.45, 7) is 0.593. The smallest absolute Gasteiger partial charge is 0.274 e. The highest BCUT2D eigenvalue weighted by molar-refractivity contribution is 6.30. The zero-order chi connectivity index (χ0) is 22.1. The Labute approximate surface area is 185 Å². The van der Waals surface area contributed by atoms with Crippen LogP contribution < -0.4 is 10.5 Å². The van der Waals surface area contributed by atoms with Crippen molar-refractivity contribution in [3.63, 3.8) is 0 Å². The van der Waals surface area contributed by atoms with E-state index in [1.54, 1.807) is 11.1 Å². The minimum Gasteiger partial charge on any atom is -0.347 e. The van der Waals surface area contributed by atoms with E-state index in [9.17, 15) is 9.59 Å². The molecule has 1 fully saturated rings. The Balaban J connectivity index is 1.78. The summed E-state index contributed by atoms with van der Waals surface area (Å²) >= 11 is 6.07. The van der Waals surface area contributed by atoms with Gasteiger partial charge in [-0.1, -0.05) is 23.7 Å². The Hall–Kier alpha value is -3.26. The fourth-order valence-corrected chi connectivity index (χ4v) is 3.89. The molecule has 0 aliphatic carbocycles. The third-order valence-electron chi connectivity index (χ3n) is 5.37. The Morgan fingerprint density at radius 2 is 1.90 bits per heavy atom. The van der Waals surface area contributed by atoms with Crippen molar-refractivity contribution >= 4 is 23.5 Å². The minimum absolute atomic E-state index is 0.217. The second-order valence-electron chi connectivity index (χ2n) is 7.71. The third kappa shape index (κ3) is 4.16. The molecular weight excluding hydrogens is 416 g/mol. The van der Waals surface area contributed by atoms with Crippen molar-refractivity contribution in [3.8, 4) is 11.1 Å². The fourth-order valence-electron chi connectivity index (χ4n) is 3.76. The normalized spacial score (nSPS) is 15.9. The van der Waals surface area contributed by atoms with Gasteiger partial charge in [-0.3, -0.25) is 9.59 Å². The van der Waals surface area contributed by atoms with E-state index < -0.39 is 0 Å². The summed E-state index contributed by atoms with van der Waals surface area (Å²) in [6.07, 6.45) is 3.43. The summed E-state index contributed by atoms with van der Waals surface area (Å²) in [4.78, 5) is 37.9. The maximum atomic E-state index is 13.3. The predicted molar refractivity (Wildman–Crippen MR) is 119 cm³/mol. The van der Waals surface area contributed by atoms with E-state index in [0.717, 1.165) is 29.7 Å². The van der Waals surface area contributed by atoms with E-state index in [-0.39, 0.29) is 23.2 Å². The first kappa shape index (κ1) is 21.0. The third-order valence-corrected chi connectivity index (χ3v) is 5.62. The predicted octanol–water partition coefficient (Wildman–Crippen LogP) is 2.93. The van der Waals surface area contributed by atoms with Gasteiger partial charge < -0.3 is 9.80 Å². The van der Waals surface area contributed by atoms with Crippen LogP contribution in [0.1, 0.15) is 35.1 Å². The molecule has 0 saturated carbocycles. The van der Waals surface area contributed by atoms with Crippen LogP contribution in [0.4, 0.5) is 5.95 Å². The molecule has 1 unspecified atom stereocenters. The number of benzene rings is 1. The van der Waals surface area contributed by atoms with Crippen molar-refractivity contribution in [2.24, 2.45) is 7.05 Å². The average Bonchev–Trinajstić information content (AvgIpc) is 3.25. The Morgan fingerprint density at radius 1 is 1.16 bits per heavy atom.